The fraction of sp³-hybridized carbons (Fsp3) is 0.500. The molecule has 6 heteroatoms. The molecule has 1 N–H and O–H groups in total. The number of sulfone groups is 1. The van der Waals surface area contributed by atoms with Crippen LogP contribution in [0.5, 0.6) is 0 Å². The Hall–Kier alpha value is -0.880. The van der Waals surface area contributed by atoms with Crippen molar-refractivity contribution in [2.24, 2.45) is 0 Å². The average molecular weight is 262 g/mol. The minimum absolute atomic E-state index is 0.0162. The number of carboxylic acid groups (broad SMARTS) is 1. The van der Waals surface area contributed by atoms with E-state index in [9.17, 15) is 13.2 Å². The van der Waals surface area contributed by atoms with E-state index in [2.05, 4.69) is 0 Å². The van der Waals surface area contributed by atoms with E-state index in [4.69, 9.17) is 5.11 Å². The van der Waals surface area contributed by atoms with Gasteiger partial charge in [-0.1, -0.05) is 0 Å². The van der Waals surface area contributed by atoms with Gasteiger partial charge in [0.1, 0.15) is 0 Å². The van der Waals surface area contributed by atoms with Crippen LogP contribution in [0.2, 0.25) is 0 Å². The number of aromatic carboxylic acids is 1. The van der Waals surface area contributed by atoms with E-state index >= 15 is 0 Å². The molecular formula is C10H14O4S2. The van der Waals surface area contributed by atoms with E-state index in [-0.39, 0.29) is 10.5 Å². The summed E-state index contributed by atoms with van der Waals surface area (Å²) in [5.41, 5.74) is -0.0730. The smallest absolute Gasteiger partial charge is 0.338 e. The Balaban J connectivity index is 3.63. The number of carbonyl (C=O) groups is 1. The van der Waals surface area contributed by atoms with Gasteiger partial charge in [-0.05, 0) is 27.7 Å². The summed E-state index contributed by atoms with van der Waals surface area (Å²) < 4.78 is 24.1. The van der Waals surface area contributed by atoms with E-state index in [0.717, 1.165) is 0 Å². The molecule has 0 radical (unpaired) electrons. The molecule has 0 aliphatic rings. The third kappa shape index (κ3) is 1.99. The van der Waals surface area contributed by atoms with Crippen LogP contribution in [0.4, 0.5) is 0 Å². The van der Waals surface area contributed by atoms with Crippen LogP contribution in [0.25, 0.3) is 0 Å². The van der Waals surface area contributed by atoms with Crippen molar-refractivity contribution < 1.29 is 18.3 Å². The van der Waals surface area contributed by atoms with Crippen LogP contribution >= 0.6 is 11.3 Å². The molecule has 0 fully saturated rings. The summed E-state index contributed by atoms with van der Waals surface area (Å²) in [6.07, 6.45) is 0. The molecule has 0 saturated carbocycles. The van der Waals surface area contributed by atoms with Crippen LogP contribution in [0.3, 0.4) is 0 Å². The molecule has 0 aliphatic carbocycles. The van der Waals surface area contributed by atoms with Crippen LogP contribution in [0.1, 0.15) is 34.0 Å². The van der Waals surface area contributed by atoms with Gasteiger partial charge in [-0.25, -0.2) is 13.2 Å². The second-order valence-electron chi connectivity index (χ2n) is 3.82. The van der Waals surface area contributed by atoms with E-state index < -0.39 is 21.1 Å². The zero-order valence-corrected chi connectivity index (χ0v) is 11.2. The van der Waals surface area contributed by atoms with Gasteiger partial charge in [0.05, 0.1) is 15.7 Å². The molecule has 16 heavy (non-hydrogen) atoms. The van der Waals surface area contributed by atoms with Crippen molar-refractivity contribution in [1.29, 1.82) is 0 Å². The maximum Gasteiger partial charge on any atom is 0.338 e. The normalized spacial score (nSPS) is 12.1. The molecule has 4 nitrogen and oxygen atoms in total. The van der Waals surface area contributed by atoms with Crippen molar-refractivity contribution in [2.45, 2.75) is 37.8 Å². The summed E-state index contributed by atoms with van der Waals surface area (Å²) in [4.78, 5) is 12.1. The Labute approximate surface area is 98.8 Å². The molecule has 0 atom stereocenters. The highest BCUT2D eigenvalue weighted by Gasteiger charge is 2.30. The molecule has 1 rings (SSSR count). The second kappa shape index (κ2) is 4.18. The van der Waals surface area contributed by atoms with Gasteiger partial charge >= 0.3 is 5.97 Å². The van der Waals surface area contributed by atoms with Crippen molar-refractivity contribution in [3.8, 4) is 0 Å². The Bertz CT molecular complexity index is 523. The lowest BCUT2D eigenvalue weighted by atomic mass is 10.2. The summed E-state index contributed by atoms with van der Waals surface area (Å²) in [6, 6.07) is 0. The molecule has 0 spiro atoms. The lowest BCUT2D eigenvalue weighted by Gasteiger charge is -2.08. The van der Waals surface area contributed by atoms with E-state index in [1.807, 2.05) is 0 Å². The van der Waals surface area contributed by atoms with Gasteiger partial charge in [0.15, 0.2) is 9.84 Å². The largest absolute Gasteiger partial charge is 0.478 e. The molecule has 0 saturated heterocycles. The van der Waals surface area contributed by atoms with Crippen LogP contribution in [0, 0.1) is 13.8 Å². The Morgan fingerprint density at radius 3 is 2.12 bits per heavy atom. The molecule has 1 aromatic rings. The molecule has 0 bridgehead atoms. The predicted octanol–water partition coefficient (Wildman–Crippen LogP) is 2.25. The zero-order chi connectivity index (χ0) is 12.7. The predicted molar refractivity (Wildman–Crippen MR) is 63.1 cm³/mol. The maximum atomic E-state index is 12.0. The molecule has 1 heterocycles. The van der Waals surface area contributed by atoms with Gasteiger partial charge in [0.2, 0.25) is 0 Å². The lowest BCUT2D eigenvalue weighted by molar-refractivity contribution is 0.0692. The molecule has 0 unspecified atom stereocenters. The molecular weight excluding hydrogens is 248 g/mol. The minimum Gasteiger partial charge on any atom is -0.478 e. The third-order valence-electron chi connectivity index (χ3n) is 2.32. The Kier molecular flexibility index (Phi) is 3.44. The van der Waals surface area contributed by atoms with Crippen molar-refractivity contribution in [3.05, 3.63) is 15.3 Å². The van der Waals surface area contributed by atoms with Gasteiger partial charge in [0, 0.05) is 9.75 Å². The molecule has 0 aromatic carbocycles. The molecule has 1 aromatic heterocycles. The van der Waals surface area contributed by atoms with Crippen molar-refractivity contribution >= 4 is 27.1 Å². The fourth-order valence-electron chi connectivity index (χ4n) is 1.49. The molecule has 90 valence electrons. The van der Waals surface area contributed by atoms with Crippen molar-refractivity contribution in [1.82, 2.24) is 0 Å². The average Bonchev–Trinajstić information content (AvgIpc) is 2.40. The maximum absolute atomic E-state index is 12.0. The number of hydrogen-bond donors (Lipinski definition) is 1. The number of thiophene rings is 1. The first-order chi connectivity index (χ1) is 7.19. The summed E-state index contributed by atoms with van der Waals surface area (Å²) >= 11 is 1.21. The first kappa shape index (κ1) is 13.2. The highest BCUT2D eigenvalue weighted by Crippen LogP contribution is 2.33. The standard InChI is InChI=1S/C10H14O4S2/c1-5(2)16(13,14)9-7(4)15-6(3)8(9)10(11)12/h5H,1-4H3,(H,11,12). The number of rotatable bonds is 3. The van der Waals surface area contributed by atoms with Gasteiger partial charge in [-0.3, -0.25) is 0 Å². The van der Waals surface area contributed by atoms with Crippen LogP contribution in [0.15, 0.2) is 4.90 Å². The van der Waals surface area contributed by atoms with Gasteiger partial charge in [0.25, 0.3) is 0 Å². The van der Waals surface area contributed by atoms with Gasteiger partial charge < -0.3 is 5.11 Å². The SMILES string of the molecule is Cc1sc(C)c(S(=O)(=O)C(C)C)c1C(=O)O. The van der Waals surface area contributed by atoms with Crippen molar-refractivity contribution in [2.75, 3.05) is 0 Å². The van der Waals surface area contributed by atoms with E-state index in [0.29, 0.717) is 9.75 Å². The second-order valence-corrected chi connectivity index (χ2v) is 7.69. The zero-order valence-electron chi connectivity index (χ0n) is 9.57. The van der Waals surface area contributed by atoms with E-state index in [1.54, 1.807) is 27.7 Å². The van der Waals surface area contributed by atoms with Gasteiger partial charge in [-0.2, -0.15) is 0 Å². The number of hydrogen-bond acceptors (Lipinski definition) is 4. The van der Waals surface area contributed by atoms with Gasteiger partial charge in [-0.15, -0.1) is 11.3 Å². The van der Waals surface area contributed by atoms with Crippen LogP contribution in [-0.4, -0.2) is 24.7 Å². The third-order valence-corrected chi connectivity index (χ3v) is 5.79. The summed E-state index contributed by atoms with van der Waals surface area (Å²) in [6.45, 7) is 6.36. The topological polar surface area (TPSA) is 71.4 Å². The summed E-state index contributed by atoms with van der Waals surface area (Å²) in [7, 11) is -3.53. The molecule has 0 aliphatic heterocycles. The summed E-state index contributed by atoms with van der Waals surface area (Å²) in [5, 5.41) is 8.43. The Morgan fingerprint density at radius 1 is 1.25 bits per heavy atom. The first-order valence-corrected chi connectivity index (χ1v) is 7.13. The first-order valence-electron chi connectivity index (χ1n) is 4.76. The quantitative estimate of drug-likeness (QED) is 0.906. The monoisotopic (exact) mass is 262 g/mol. The Morgan fingerprint density at radius 2 is 1.75 bits per heavy atom. The minimum atomic E-state index is -3.53. The van der Waals surface area contributed by atoms with Crippen molar-refractivity contribution in [3.63, 3.8) is 0 Å². The number of carboxylic acids is 1. The highest BCUT2D eigenvalue weighted by atomic mass is 32.2. The highest BCUT2D eigenvalue weighted by molar-refractivity contribution is 7.92. The fourth-order valence-corrected chi connectivity index (χ4v) is 4.37. The van der Waals surface area contributed by atoms with Crippen LogP contribution in [-0.2, 0) is 9.84 Å². The lowest BCUT2D eigenvalue weighted by Crippen LogP contribution is -2.17. The summed E-state index contributed by atoms with van der Waals surface area (Å²) in [5.74, 6) is -1.18. The van der Waals surface area contributed by atoms with E-state index in [1.165, 1.54) is 11.3 Å². The number of aryl methyl sites for hydroxylation is 2. The van der Waals surface area contributed by atoms with Crippen LogP contribution < -0.4 is 0 Å². The molecule has 0 amide bonds.